The molecular weight excluding hydrogens is 342 g/mol. The fourth-order valence-electron chi connectivity index (χ4n) is 2.19. The predicted octanol–water partition coefficient (Wildman–Crippen LogP) is 3.92. The second-order valence-electron chi connectivity index (χ2n) is 4.55. The van der Waals surface area contributed by atoms with E-state index >= 15 is 0 Å². The summed E-state index contributed by atoms with van der Waals surface area (Å²) in [6.45, 7) is 1.14. The Balaban J connectivity index is 1.97. The number of fused-ring (bicyclic) bond motifs is 1. The molecule has 104 valence electrons. The lowest BCUT2D eigenvalue weighted by atomic mass is 9.99. The van der Waals surface area contributed by atoms with Crippen LogP contribution in [0.2, 0.25) is 5.02 Å². The Morgan fingerprint density at radius 3 is 2.60 bits per heavy atom. The maximum atomic E-state index is 6.32. The fraction of sp³-hybridized carbons (Fsp3) is 0.200. The van der Waals surface area contributed by atoms with Gasteiger partial charge in [0.05, 0.1) is 6.04 Å². The topological polar surface area (TPSA) is 44.5 Å². The number of ether oxygens (including phenoxy) is 2. The fourth-order valence-corrected chi connectivity index (χ4v) is 2.80. The summed E-state index contributed by atoms with van der Waals surface area (Å²) < 4.78 is 12.0. The SMILES string of the molecule is NC(c1ccc2c(c1)OCCO2)c1cc(Br)ccc1Cl. The molecule has 1 aliphatic heterocycles. The Morgan fingerprint density at radius 1 is 1.05 bits per heavy atom. The number of hydrogen-bond acceptors (Lipinski definition) is 3. The largest absolute Gasteiger partial charge is 0.486 e. The van der Waals surface area contributed by atoms with E-state index in [1.165, 1.54) is 0 Å². The van der Waals surface area contributed by atoms with Gasteiger partial charge in [-0.3, -0.25) is 0 Å². The molecule has 0 fully saturated rings. The number of hydrogen-bond donors (Lipinski definition) is 1. The van der Waals surface area contributed by atoms with Gasteiger partial charge in [0.15, 0.2) is 11.5 Å². The highest BCUT2D eigenvalue weighted by molar-refractivity contribution is 9.10. The van der Waals surface area contributed by atoms with Gasteiger partial charge < -0.3 is 15.2 Å². The summed E-state index contributed by atoms with van der Waals surface area (Å²) >= 11 is 9.67. The minimum Gasteiger partial charge on any atom is -0.486 e. The van der Waals surface area contributed by atoms with Crippen molar-refractivity contribution in [2.45, 2.75) is 6.04 Å². The van der Waals surface area contributed by atoms with Crippen molar-refractivity contribution in [1.82, 2.24) is 0 Å². The summed E-state index contributed by atoms with van der Waals surface area (Å²) in [4.78, 5) is 0. The molecule has 20 heavy (non-hydrogen) atoms. The quantitative estimate of drug-likeness (QED) is 0.889. The van der Waals surface area contributed by atoms with Gasteiger partial charge >= 0.3 is 0 Å². The van der Waals surface area contributed by atoms with Crippen molar-refractivity contribution in [2.24, 2.45) is 5.73 Å². The molecule has 0 aromatic heterocycles. The van der Waals surface area contributed by atoms with E-state index in [1.54, 1.807) is 0 Å². The normalized spacial score (nSPS) is 14.9. The summed E-state index contributed by atoms with van der Waals surface area (Å²) in [5.41, 5.74) is 8.13. The van der Waals surface area contributed by atoms with Gasteiger partial charge in [-0.15, -0.1) is 0 Å². The molecular formula is C15H13BrClNO2. The lowest BCUT2D eigenvalue weighted by molar-refractivity contribution is 0.171. The van der Waals surface area contributed by atoms with Gasteiger partial charge in [0, 0.05) is 9.50 Å². The van der Waals surface area contributed by atoms with Crippen LogP contribution < -0.4 is 15.2 Å². The molecule has 3 rings (SSSR count). The lowest BCUT2D eigenvalue weighted by Gasteiger charge is -2.21. The van der Waals surface area contributed by atoms with Crippen molar-refractivity contribution in [1.29, 1.82) is 0 Å². The molecule has 5 heteroatoms. The Kier molecular flexibility index (Phi) is 3.87. The Bertz CT molecular complexity index is 648. The van der Waals surface area contributed by atoms with E-state index in [4.69, 9.17) is 26.8 Å². The Labute approximate surface area is 130 Å². The smallest absolute Gasteiger partial charge is 0.161 e. The van der Waals surface area contributed by atoms with Crippen LogP contribution in [0.25, 0.3) is 0 Å². The van der Waals surface area contributed by atoms with Crippen LogP contribution in [0.1, 0.15) is 17.2 Å². The van der Waals surface area contributed by atoms with Gasteiger partial charge in [0.2, 0.25) is 0 Å². The van der Waals surface area contributed by atoms with Crippen molar-refractivity contribution in [2.75, 3.05) is 13.2 Å². The summed E-state index contributed by atoms with van der Waals surface area (Å²) in [5.74, 6) is 1.49. The summed E-state index contributed by atoms with van der Waals surface area (Å²) in [7, 11) is 0. The van der Waals surface area contributed by atoms with E-state index < -0.39 is 0 Å². The van der Waals surface area contributed by atoms with Crippen molar-refractivity contribution in [3.8, 4) is 11.5 Å². The van der Waals surface area contributed by atoms with Crippen LogP contribution in [0.4, 0.5) is 0 Å². The van der Waals surface area contributed by atoms with Crippen LogP contribution in [0.5, 0.6) is 11.5 Å². The number of nitrogens with two attached hydrogens (primary N) is 1. The first-order valence-electron chi connectivity index (χ1n) is 6.25. The molecule has 1 aliphatic rings. The third-order valence-corrected chi connectivity index (χ3v) is 4.06. The van der Waals surface area contributed by atoms with E-state index in [9.17, 15) is 0 Å². The van der Waals surface area contributed by atoms with Crippen molar-refractivity contribution < 1.29 is 9.47 Å². The highest BCUT2D eigenvalue weighted by Gasteiger charge is 2.17. The summed E-state index contributed by atoms with van der Waals surface area (Å²) in [6, 6.07) is 11.1. The van der Waals surface area contributed by atoms with E-state index in [1.807, 2.05) is 36.4 Å². The first-order valence-corrected chi connectivity index (χ1v) is 7.42. The maximum absolute atomic E-state index is 6.32. The second kappa shape index (κ2) is 5.64. The minimum atomic E-state index is -0.309. The van der Waals surface area contributed by atoms with Gasteiger partial charge in [0.1, 0.15) is 13.2 Å². The van der Waals surface area contributed by atoms with Gasteiger partial charge in [-0.1, -0.05) is 33.6 Å². The second-order valence-corrected chi connectivity index (χ2v) is 5.87. The number of benzene rings is 2. The minimum absolute atomic E-state index is 0.309. The number of rotatable bonds is 2. The molecule has 0 bridgehead atoms. The third-order valence-electron chi connectivity index (χ3n) is 3.22. The zero-order valence-electron chi connectivity index (χ0n) is 10.6. The molecule has 0 spiro atoms. The van der Waals surface area contributed by atoms with Crippen LogP contribution in [0, 0.1) is 0 Å². The van der Waals surface area contributed by atoms with Gasteiger partial charge in [-0.25, -0.2) is 0 Å². The van der Waals surface area contributed by atoms with Crippen LogP contribution >= 0.6 is 27.5 Å². The molecule has 1 atom stereocenters. The Hall–Kier alpha value is -1.23. The molecule has 0 saturated heterocycles. The van der Waals surface area contributed by atoms with Crippen LogP contribution in [-0.4, -0.2) is 13.2 Å². The predicted molar refractivity (Wildman–Crippen MR) is 82.6 cm³/mol. The molecule has 2 aromatic rings. The van der Waals surface area contributed by atoms with E-state index in [-0.39, 0.29) is 6.04 Å². The standard InChI is InChI=1S/C15H13BrClNO2/c16-10-2-3-12(17)11(8-10)15(18)9-1-4-13-14(7-9)20-6-5-19-13/h1-4,7-8,15H,5-6,18H2. The van der Waals surface area contributed by atoms with Crippen LogP contribution in [0.3, 0.4) is 0 Å². The monoisotopic (exact) mass is 353 g/mol. The van der Waals surface area contributed by atoms with Crippen LogP contribution in [0.15, 0.2) is 40.9 Å². The van der Waals surface area contributed by atoms with Gasteiger partial charge in [-0.05, 0) is 41.5 Å². The average Bonchev–Trinajstić information content (AvgIpc) is 2.48. The van der Waals surface area contributed by atoms with Crippen molar-refractivity contribution in [3.05, 3.63) is 57.0 Å². The first kappa shape index (κ1) is 13.7. The zero-order valence-corrected chi connectivity index (χ0v) is 12.9. The molecule has 2 N–H and O–H groups in total. The van der Waals surface area contributed by atoms with Crippen LogP contribution in [-0.2, 0) is 0 Å². The van der Waals surface area contributed by atoms with Crippen molar-refractivity contribution in [3.63, 3.8) is 0 Å². The van der Waals surface area contributed by atoms with E-state index in [0.29, 0.717) is 18.2 Å². The highest BCUT2D eigenvalue weighted by Crippen LogP contribution is 2.35. The zero-order chi connectivity index (χ0) is 14.1. The summed E-state index contributed by atoms with van der Waals surface area (Å²) in [5, 5.41) is 0.649. The van der Waals surface area contributed by atoms with Gasteiger partial charge in [-0.2, -0.15) is 0 Å². The molecule has 1 heterocycles. The maximum Gasteiger partial charge on any atom is 0.161 e. The highest BCUT2D eigenvalue weighted by atomic mass is 79.9. The summed E-state index contributed by atoms with van der Waals surface area (Å²) in [6.07, 6.45) is 0. The lowest BCUT2D eigenvalue weighted by Crippen LogP contribution is -2.17. The molecule has 0 amide bonds. The molecule has 2 aromatic carbocycles. The first-order chi connectivity index (χ1) is 9.65. The molecule has 0 radical (unpaired) electrons. The van der Waals surface area contributed by atoms with Crippen molar-refractivity contribution >= 4 is 27.5 Å². The molecule has 0 saturated carbocycles. The average molecular weight is 355 g/mol. The third kappa shape index (κ3) is 2.64. The van der Waals surface area contributed by atoms with E-state index in [0.717, 1.165) is 27.1 Å². The van der Waals surface area contributed by atoms with Gasteiger partial charge in [0.25, 0.3) is 0 Å². The Morgan fingerprint density at radius 2 is 1.80 bits per heavy atom. The molecule has 3 nitrogen and oxygen atoms in total. The molecule has 1 unspecified atom stereocenters. The molecule has 0 aliphatic carbocycles. The number of halogens is 2. The van der Waals surface area contributed by atoms with E-state index in [2.05, 4.69) is 15.9 Å².